The van der Waals surface area contributed by atoms with Crippen LogP contribution in [-0.4, -0.2) is 38.2 Å². The first-order valence-corrected chi connectivity index (χ1v) is 10.9. The van der Waals surface area contributed by atoms with Crippen LogP contribution in [0.25, 0.3) is 0 Å². The molecule has 0 spiro atoms. The predicted octanol–water partition coefficient (Wildman–Crippen LogP) is 5.17. The van der Waals surface area contributed by atoms with Crippen molar-refractivity contribution in [3.63, 3.8) is 0 Å². The van der Waals surface area contributed by atoms with Gasteiger partial charge < -0.3 is 19.7 Å². The molecule has 0 fully saturated rings. The molecule has 154 valence electrons. The van der Waals surface area contributed by atoms with Crippen molar-refractivity contribution in [1.29, 1.82) is 0 Å². The molecule has 0 unspecified atom stereocenters. The van der Waals surface area contributed by atoms with Gasteiger partial charge >= 0.3 is 0 Å². The number of hydrogen-bond acceptors (Lipinski definition) is 4. The first-order valence-electron chi connectivity index (χ1n) is 10.1. The predicted molar refractivity (Wildman–Crippen MR) is 120 cm³/mol. The van der Waals surface area contributed by atoms with Gasteiger partial charge in [-0.1, -0.05) is 54.0 Å². The van der Waals surface area contributed by atoms with E-state index in [1.807, 2.05) is 24.3 Å². The van der Waals surface area contributed by atoms with E-state index in [0.29, 0.717) is 6.61 Å². The average Bonchev–Trinajstić information content (AvgIpc) is 2.71. The summed E-state index contributed by atoms with van der Waals surface area (Å²) >= 11 is 3.68. The Balaban J connectivity index is 2.03. The van der Waals surface area contributed by atoms with E-state index in [1.54, 1.807) is 7.11 Å². The second kappa shape index (κ2) is 12.1. The number of nitrogens with one attached hydrogen (secondary N) is 1. The molecule has 1 N–H and O–H groups in total. The smallest absolute Gasteiger partial charge is 0.167 e. The number of rotatable bonds is 12. The summed E-state index contributed by atoms with van der Waals surface area (Å²) in [4.78, 5) is 2.44. The lowest BCUT2D eigenvalue weighted by Gasteiger charge is -2.19. The number of benzene rings is 2. The van der Waals surface area contributed by atoms with E-state index in [1.165, 1.54) is 11.1 Å². The zero-order valence-corrected chi connectivity index (χ0v) is 19.1. The van der Waals surface area contributed by atoms with Crippen molar-refractivity contribution < 1.29 is 9.47 Å². The van der Waals surface area contributed by atoms with Gasteiger partial charge in [-0.3, -0.25) is 0 Å². The highest BCUT2D eigenvalue weighted by Gasteiger charge is 2.15. The van der Waals surface area contributed by atoms with Crippen molar-refractivity contribution in [2.45, 2.75) is 40.3 Å². The fraction of sp³-hybridized carbons (Fsp3) is 0.478. The van der Waals surface area contributed by atoms with Crippen LogP contribution in [0.4, 0.5) is 0 Å². The highest BCUT2D eigenvalue weighted by molar-refractivity contribution is 9.10. The molecule has 0 amide bonds. The highest BCUT2D eigenvalue weighted by atomic mass is 79.9. The molecule has 0 heterocycles. The Kier molecular flexibility index (Phi) is 9.82. The molecule has 0 saturated heterocycles. The van der Waals surface area contributed by atoms with Crippen molar-refractivity contribution in [3.8, 4) is 11.5 Å². The molecule has 0 atom stereocenters. The van der Waals surface area contributed by atoms with Crippen LogP contribution in [0.15, 0.2) is 40.9 Å². The summed E-state index contributed by atoms with van der Waals surface area (Å²) in [5.41, 5.74) is 3.51. The Labute approximate surface area is 178 Å². The second-order valence-corrected chi connectivity index (χ2v) is 7.68. The largest absolute Gasteiger partial charge is 0.493 e. The maximum atomic E-state index is 6.23. The van der Waals surface area contributed by atoms with E-state index in [-0.39, 0.29) is 0 Å². The van der Waals surface area contributed by atoms with Gasteiger partial charge in [0.25, 0.3) is 0 Å². The summed E-state index contributed by atoms with van der Waals surface area (Å²) in [5.74, 6) is 1.56. The maximum absolute atomic E-state index is 6.23. The summed E-state index contributed by atoms with van der Waals surface area (Å²) in [6, 6.07) is 12.3. The van der Waals surface area contributed by atoms with Gasteiger partial charge in [0.15, 0.2) is 11.5 Å². The van der Waals surface area contributed by atoms with Crippen LogP contribution in [0.2, 0.25) is 0 Å². The topological polar surface area (TPSA) is 33.7 Å². The Bertz CT molecular complexity index is 733. The molecule has 2 aromatic carbocycles. The Hall–Kier alpha value is -1.56. The van der Waals surface area contributed by atoms with Gasteiger partial charge in [0.1, 0.15) is 6.61 Å². The minimum Gasteiger partial charge on any atom is -0.493 e. The van der Waals surface area contributed by atoms with Crippen LogP contribution in [0.1, 0.15) is 37.0 Å². The standard InChI is InChI=1S/C23H33BrN2O2/c1-5-26(6-2)15-9-14-25-16-20-21(24)12-13-22(27-4)23(20)28-17-19-11-8-7-10-18(19)3/h7-8,10-13,25H,5-6,9,14-17H2,1-4H3. The van der Waals surface area contributed by atoms with Gasteiger partial charge in [0.2, 0.25) is 0 Å². The molecule has 0 aliphatic rings. The van der Waals surface area contributed by atoms with E-state index in [0.717, 1.165) is 60.7 Å². The fourth-order valence-corrected chi connectivity index (χ4v) is 3.62. The summed E-state index contributed by atoms with van der Waals surface area (Å²) in [5, 5.41) is 3.56. The van der Waals surface area contributed by atoms with E-state index in [2.05, 4.69) is 59.1 Å². The monoisotopic (exact) mass is 448 g/mol. The molecule has 2 rings (SSSR count). The molecule has 4 nitrogen and oxygen atoms in total. The normalized spacial score (nSPS) is 11.1. The van der Waals surface area contributed by atoms with Gasteiger partial charge in [-0.05, 0) is 62.8 Å². The molecule has 5 heteroatoms. The highest BCUT2D eigenvalue weighted by Crippen LogP contribution is 2.37. The summed E-state index contributed by atoms with van der Waals surface area (Å²) in [7, 11) is 1.69. The summed E-state index contributed by atoms with van der Waals surface area (Å²) in [6.07, 6.45) is 1.13. The van der Waals surface area contributed by atoms with Crippen LogP contribution < -0.4 is 14.8 Å². The molecular formula is C23H33BrN2O2. The van der Waals surface area contributed by atoms with Gasteiger partial charge in [0.05, 0.1) is 7.11 Å². The number of halogens is 1. The Morgan fingerprint density at radius 2 is 1.82 bits per heavy atom. The van der Waals surface area contributed by atoms with Crippen LogP contribution in [0.3, 0.4) is 0 Å². The molecule has 28 heavy (non-hydrogen) atoms. The summed E-state index contributed by atoms with van der Waals surface area (Å²) in [6.45, 7) is 12.1. The van der Waals surface area contributed by atoms with E-state index < -0.39 is 0 Å². The quantitative estimate of drug-likeness (QED) is 0.454. The molecule has 0 bridgehead atoms. The lowest BCUT2D eigenvalue weighted by atomic mass is 10.1. The van der Waals surface area contributed by atoms with Crippen molar-refractivity contribution in [3.05, 3.63) is 57.6 Å². The van der Waals surface area contributed by atoms with Crippen molar-refractivity contribution in [2.75, 3.05) is 33.3 Å². The second-order valence-electron chi connectivity index (χ2n) is 6.83. The maximum Gasteiger partial charge on any atom is 0.167 e. The molecule has 0 saturated carbocycles. The Morgan fingerprint density at radius 1 is 1.07 bits per heavy atom. The number of methoxy groups -OCH3 is 1. The van der Waals surface area contributed by atoms with Crippen LogP contribution in [-0.2, 0) is 13.2 Å². The molecule has 0 aliphatic heterocycles. The molecule has 0 radical (unpaired) electrons. The van der Waals surface area contributed by atoms with Gasteiger partial charge in [0, 0.05) is 16.6 Å². The molecule has 0 aromatic heterocycles. The van der Waals surface area contributed by atoms with E-state index in [9.17, 15) is 0 Å². The van der Waals surface area contributed by atoms with Crippen molar-refractivity contribution >= 4 is 15.9 Å². The molecular weight excluding hydrogens is 416 g/mol. The Morgan fingerprint density at radius 3 is 2.50 bits per heavy atom. The first-order chi connectivity index (χ1) is 13.6. The lowest BCUT2D eigenvalue weighted by molar-refractivity contribution is 0.279. The van der Waals surface area contributed by atoms with Gasteiger partial charge in [-0.15, -0.1) is 0 Å². The average molecular weight is 449 g/mol. The third-order valence-electron chi connectivity index (χ3n) is 5.04. The third-order valence-corrected chi connectivity index (χ3v) is 5.79. The van der Waals surface area contributed by atoms with Gasteiger partial charge in [-0.25, -0.2) is 0 Å². The first kappa shape index (κ1) is 22.7. The van der Waals surface area contributed by atoms with Crippen LogP contribution in [0, 0.1) is 6.92 Å². The number of hydrogen-bond donors (Lipinski definition) is 1. The number of aryl methyl sites for hydroxylation is 1. The number of nitrogens with zero attached hydrogens (tertiary/aromatic N) is 1. The number of ether oxygens (including phenoxy) is 2. The zero-order valence-electron chi connectivity index (χ0n) is 17.6. The van der Waals surface area contributed by atoms with Crippen molar-refractivity contribution in [1.82, 2.24) is 10.2 Å². The van der Waals surface area contributed by atoms with Crippen LogP contribution >= 0.6 is 15.9 Å². The minimum absolute atomic E-state index is 0.522. The van der Waals surface area contributed by atoms with E-state index in [4.69, 9.17) is 9.47 Å². The third kappa shape index (κ3) is 6.50. The summed E-state index contributed by atoms with van der Waals surface area (Å²) < 4.78 is 12.8. The zero-order chi connectivity index (χ0) is 20.4. The lowest BCUT2D eigenvalue weighted by Crippen LogP contribution is -2.27. The van der Waals surface area contributed by atoms with Crippen LogP contribution in [0.5, 0.6) is 11.5 Å². The molecule has 2 aromatic rings. The van der Waals surface area contributed by atoms with Gasteiger partial charge in [-0.2, -0.15) is 0 Å². The van der Waals surface area contributed by atoms with Crippen molar-refractivity contribution in [2.24, 2.45) is 0 Å². The molecule has 0 aliphatic carbocycles. The SMILES string of the molecule is CCN(CC)CCCNCc1c(Br)ccc(OC)c1OCc1ccccc1C. The fourth-order valence-electron chi connectivity index (χ4n) is 3.17. The van der Waals surface area contributed by atoms with E-state index >= 15 is 0 Å². The minimum atomic E-state index is 0.522.